The highest BCUT2D eigenvalue weighted by molar-refractivity contribution is 6.08. The van der Waals surface area contributed by atoms with Crippen LogP contribution in [0.25, 0.3) is 33.4 Å². The van der Waals surface area contributed by atoms with E-state index in [-0.39, 0.29) is 12.4 Å². The molecule has 0 aliphatic carbocycles. The summed E-state index contributed by atoms with van der Waals surface area (Å²) in [5, 5.41) is 17.5. The Morgan fingerprint density at radius 2 is 1.70 bits per heavy atom. The summed E-state index contributed by atoms with van der Waals surface area (Å²) in [5.41, 5.74) is 3.37. The number of benzene rings is 2. The molecule has 4 heterocycles. The molecule has 7 nitrogen and oxygen atoms in total. The second kappa shape index (κ2) is 10.6. The van der Waals surface area contributed by atoms with Gasteiger partial charge in [0.2, 0.25) is 0 Å². The highest BCUT2D eigenvalue weighted by Crippen LogP contribution is 2.33. The Kier molecular flexibility index (Phi) is 7.29. The van der Waals surface area contributed by atoms with E-state index in [1.54, 1.807) is 0 Å². The van der Waals surface area contributed by atoms with E-state index >= 15 is 0 Å². The minimum Gasteiger partial charge on any atom is -0.385 e. The fraction of sp³-hybridized carbons (Fsp3) is 0.345. The molecule has 192 valence electrons. The number of nitrogens with zero attached hydrogens (tertiary/aromatic N) is 5. The zero-order valence-corrected chi connectivity index (χ0v) is 21.8. The summed E-state index contributed by atoms with van der Waals surface area (Å²) in [6.07, 6.45) is 5.24. The number of likely N-dealkylation sites (tertiary alicyclic amines) is 1. The lowest BCUT2D eigenvalue weighted by atomic mass is 9.84. The first-order valence-electron chi connectivity index (χ1n) is 12.8. The largest absolute Gasteiger partial charge is 0.385 e. The number of hydrogen-bond donors (Lipinski definition) is 1. The quantitative estimate of drug-likeness (QED) is 0.303. The Balaban J connectivity index is 0.00000280. The number of aromatic nitrogens is 4. The van der Waals surface area contributed by atoms with Gasteiger partial charge in [0.15, 0.2) is 5.82 Å². The number of halogens is 1. The third kappa shape index (κ3) is 4.87. The molecule has 2 aromatic carbocycles. The van der Waals surface area contributed by atoms with Gasteiger partial charge < -0.3 is 19.1 Å². The van der Waals surface area contributed by atoms with Crippen LogP contribution in [0.1, 0.15) is 37.6 Å². The Morgan fingerprint density at radius 3 is 2.46 bits per heavy atom. The summed E-state index contributed by atoms with van der Waals surface area (Å²) in [6, 6.07) is 20.7. The van der Waals surface area contributed by atoms with Gasteiger partial charge in [0.05, 0.1) is 17.3 Å². The van der Waals surface area contributed by atoms with Crippen LogP contribution in [0.3, 0.4) is 0 Å². The number of hydrogen-bond acceptors (Lipinski definition) is 6. The van der Waals surface area contributed by atoms with Crippen molar-refractivity contribution in [2.45, 2.75) is 44.8 Å². The normalized spacial score (nSPS) is 15.7. The molecule has 1 saturated heterocycles. The summed E-state index contributed by atoms with van der Waals surface area (Å²) in [4.78, 5) is 11.6. The smallest absolute Gasteiger partial charge is 0.276 e. The van der Waals surface area contributed by atoms with Gasteiger partial charge in [0.25, 0.3) is 5.89 Å². The van der Waals surface area contributed by atoms with E-state index in [1.807, 2.05) is 43.5 Å². The van der Waals surface area contributed by atoms with Crippen LogP contribution in [0, 0.1) is 0 Å². The molecule has 6 rings (SSSR count). The van der Waals surface area contributed by atoms with Crippen molar-refractivity contribution in [2.24, 2.45) is 0 Å². The number of aryl methyl sites for hydroxylation is 2. The molecule has 8 heteroatoms. The Morgan fingerprint density at radius 1 is 0.946 bits per heavy atom. The fourth-order valence-corrected chi connectivity index (χ4v) is 5.44. The zero-order chi connectivity index (χ0) is 24.5. The van der Waals surface area contributed by atoms with Gasteiger partial charge in [-0.1, -0.05) is 60.6 Å². The Hall–Kier alpha value is -3.26. The van der Waals surface area contributed by atoms with Gasteiger partial charge in [-0.05, 0) is 43.5 Å². The molecule has 0 atom stereocenters. The molecule has 1 aliphatic rings. The molecular formula is C29H32ClN5O2. The average molecular weight is 518 g/mol. The van der Waals surface area contributed by atoms with Crippen LogP contribution in [-0.4, -0.2) is 49.3 Å². The Bertz CT molecular complexity index is 1490. The van der Waals surface area contributed by atoms with Crippen LogP contribution in [0.4, 0.5) is 0 Å². The number of para-hydroxylation sites is 1. The number of fused-ring (bicyclic) bond motifs is 3. The predicted molar refractivity (Wildman–Crippen MR) is 148 cm³/mol. The molecule has 1 fully saturated rings. The third-order valence-electron chi connectivity index (χ3n) is 7.51. The molecule has 0 radical (unpaired) electrons. The molecule has 0 amide bonds. The van der Waals surface area contributed by atoms with Crippen molar-refractivity contribution in [3.05, 3.63) is 78.2 Å². The van der Waals surface area contributed by atoms with Crippen molar-refractivity contribution in [3.63, 3.8) is 0 Å². The summed E-state index contributed by atoms with van der Waals surface area (Å²) >= 11 is 0. The van der Waals surface area contributed by atoms with Crippen molar-refractivity contribution in [3.8, 4) is 11.6 Å². The highest BCUT2D eigenvalue weighted by Gasteiger charge is 2.33. The van der Waals surface area contributed by atoms with E-state index in [1.165, 1.54) is 10.9 Å². The molecule has 37 heavy (non-hydrogen) atoms. The maximum absolute atomic E-state index is 11.1. The molecule has 5 aromatic rings. The van der Waals surface area contributed by atoms with E-state index in [0.29, 0.717) is 17.4 Å². The van der Waals surface area contributed by atoms with Crippen molar-refractivity contribution in [1.82, 2.24) is 24.6 Å². The minimum atomic E-state index is -0.704. The lowest BCUT2D eigenvalue weighted by molar-refractivity contribution is -0.0261. The van der Waals surface area contributed by atoms with Gasteiger partial charge in [-0.2, -0.15) is 4.98 Å². The molecule has 0 bridgehead atoms. The molecule has 0 saturated carbocycles. The van der Waals surface area contributed by atoms with Crippen LogP contribution in [-0.2, 0) is 18.6 Å². The highest BCUT2D eigenvalue weighted by atomic mass is 35.5. The van der Waals surface area contributed by atoms with E-state index in [4.69, 9.17) is 4.52 Å². The maximum atomic E-state index is 11.1. The SMILES string of the molecule is CCc1noc(-c2cc3c4ccccc4n(CCCN4CCC(O)(c5ccccc5)CC4)c3cn2)n1.Cl. The van der Waals surface area contributed by atoms with Crippen LogP contribution in [0.2, 0.25) is 0 Å². The minimum absolute atomic E-state index is 0. The van der Waals surface area contributed by atoms with Crippen LogP contribution in [0.15, 0.2) is 71.4 Å². The molecule has 0 unspecified atom stereocenters. The van der Waals surface area contributed by atoms with Gasteiger partial charge in [0.1, 0.15) is 5.69 Å². The molecule has 3 aromatic heterocycles. The fourth-order valence-electron chi connectivity index (χ4n) is 5.44. The van der Waals surface area contributed by atoms with Gasteiger partial charge in [-0.3, -0.25) is 0 Å². The second-order valence-corrected chi connectivity index (χ2v) is 9.72. The van der Waals surface area contributed by atoms with Crippen LogP contribution in [0.5, 0.6) is 0 Å². The maximum Gasteiger partial charge on any atom is 0.276 e. The van der Waals surface area contributed by atoms with Gasteiger partial charge in [0, 0.05) is 42.3 Å². The lowest BCUT2D eigenvalue weighted by Crippen LogP contribution is -2.43. The number of pyridine rings is 1. The summed E-state index contributed by atoms with van der Waals surface area (Å²) in [5.74, 6) is 1.15. The topological polar surface area (TPSA) is 80.2 Å². The summed E-state index contributed by atoms with van der Waals surface area (Å²) in [6.45, 7) is 5.74. The average Bonchev–Trinajstić information content (AvgIpc) is 3.53. The van der Waals surface area contributed by atoms with Crippen molar-refractivity contribution in [2.75, 3.05) is 19.6 Å². The Labute approximate surface area is 222 Å². The van der Waals surface area contributed by atoms with E-state index in [0.717, 1.165) is 68.3 Å². The third-order valence-corrected chi connectivity index (χ3v) is 7.51. The first-order chi connectivity index (χ1) is 17.6. The summed E-state index contributed by atoms with van der Waals surface area (Å²) in [7, 11) is 0. The second-order valence-electron chi connectivity index (χ2n) is 9.72. The van der Waals surface area contributed by atoms with Crippen LogP contribution < -0.4 is 0 Å². The van der Waals surface area contributed by atoms with Gasteiger partial charge in [-0.25, -0.2) is 4.98 Å². The molecule has 0 spiro atoms. The van der Waals surface area contributed by atoms with E-state index in [9.17, 15) is 5.11 Å². The van der Waals surface area contributed by atoms with Gasteiger partial charge >= 0.3 is 0 Å². The first-order valence-corrected chi connectivity index (χ1v) is 12.8. The van der Waals surface area contributed by atoms with Crippen LogP contribution >= 0.6 is 12.4 Å². The van der Waals surface area contributed by atoms with E-state index < -0.39 is 5.60 Å². The summed E-state index contributed by atoms with van der Waals surface area (Å²) < 4.78 is 7.80. The number of rotatable bonds is 7. The van der Waals surface area contributed by atoms with Gasteiger partial charge in [-0.15, -0.1) is 12.4 Å². The standard InChI is InChI=1S/C29H31N5O2.ClH/c1-2-27-31-28(36-32-27)24-19-23-22-11-6-7-12-25(22)34(26(23)20-30-24)16-8-15-33-17-13-29(35,14-18-33)21-9-4-3-5-10-21;/h3-7,9-12,19-20,35H,2,8,13-18H2,1H3;1H. The number of aliphatic hydroxyl groups is 1. The molecule has 1 N–H and O–H groups in total. The van der Waals surface area contributed by atoms with Crippen molar-refractivity contribution < 1.29 is 9.63 Å². The predicted octanol–water partition coefficient (Wildman–Crippen LogP) is 5.60. The first kappa shape index (κ1) is 25.4. The molecule has 1 aliphatic heterocycles. The lowest BCUT2D eigenvalue weighted by Gasteiger charge is -2.38. The monoisotopic (exact) mass is 517 g/mol. The van der Waals surface area contributed by atoms with Crippen molar-refractivity contribution in [1.29, 1.82) is 0 Å². The zero-order valence-electron chi connectivity index (χ0n) is 21.0. The number of piperidine rings is 1. The van der Waals surface area contributed by atoms with E-state index in [2.05, 4.69) is 54.9 Å². The molecular weight excluding hydrogens is 486 g/mol. The van der Waals surface area contributed by atoms with Crippen molar-refractivity contribution >= 4 is 34.2 Å².